The van der Waals surface area contributed by atoms with Gasteiger partial charge >= 0.3 is 0 Å². The molecule has 0 spiro atoms. The normalized spacial score (nSPS) is 12.7. The maximum atomic E-state index is 9.40. The minimum absolute atomic E-state index is 0.386. The minimum Gasteiger partial charge on any atom is -0.391 e. The number of hydrogen-bond acceptors (Lipinski definition) is 3. The van der Waals surface area contributed by atoms with E-state index in [0.29, 0.717) is 13.0 Å². The second-order valence-corrected chi connectivity index (χ2v) is 4.14. The van der Waals surface area contributed by atoms with Crippen LogP contribution >= 0.6 is 11.6 Å². The van der Waals surface area contributed by atoms with Crippen LogP contribution in [0.5, 0.6) is 0 Å². The van der Waals surface area contributed by atoms with Gasteiger partial charge in [-0.05, 0) is 30.7 Å². The third-order valence-corrected chi connectivity index (χ3v) is 2.51. The lowest BCUT2D eigenvalue weighted by atomic mass is 10.2. The molecule has 0 aliphatic heterocycles. The van der Waals surface area contributed by atoms with Crippen LogP contribution in [0.4, 0.5) is 0 Å². The van der Waals surface area contributed by atoms with Gasteiger partial charge in [-0.1, -0.05) is 23.7 Å². The average molecular weight is 244 g/mol. The summed E-state index contributed by atoms with van der Waals surface area (Å²) in [6, 6.07) is 7.72. The smallest absolute Gasteiger partial charge is 0.0785 e. The maximum absolute atomic E-state index is 9.40. The summed E-state index contributed by atoms with van der Waals surface area (Å²) in [4.78, 5) is 0. The van der Waals surface area contributed by atoms with Gasteiger partial charge in [0.15, 0.2) is 0 Å². The fourth-order valence-electron chi connectivity index (χ4n) is 1.38. The zero-order valence-corrected chi connectivity index (χ0v) is 10.2. The maximum Gasteiger partial charge on any atom is 0.0785 e. The van der Waals surface area contributed by atoms with E-state index in [4.69, 9.17) is 16.3 Å². The minimum atomic E-state index is -0.386. The summed E-state index contributed by atoms with van der Waals surface area (Å²) < 4.78 is 4.84. The Kier molecular flexibility index (Phi) is 6.42. The molecule has 1 aromatic carbocycles. The van der Waals surface area contributed by atoms with Gasteiger partial charge in [-0.2, -0.15) is 0 Å². The molecule has 0 amide bonds. The highest BCUT2D eigenvalue weighted by atomic mass is 35.5. The van der Waals surface area contributed by atoms with E-state index in [2.05, 4.69) is 5.32 Å². The second-order valence-electron chi connectivity index (χ2n) is 3.70. The first-order chi connectivity index (χ1) is 7.72. The molecule has 0 saturated carbocycles. The van der Waals surface area contributed by atoms with E-state index in [1.54, 1.807) is 7.11 Å². The fourth-order valence-corrected chi connectivity index (χ4v) is 1.51. The Labute approximate surface area is 101 Å². The van der Waals surface area contributed by atoms with Crippen molar-refractivity contribution in [2.75, 3.05) is 20.3 Å². The monoisotopic (exact) mass is 243 g/mol. The SMILES string of the molecule is COCC(O)CCNCc1ccc(Cl)cc1. The van der Waals surface area contributed by atoms with Crippen molar-refractivity contribution >= 4 is 11.6 Å². The van der Waals surface area contributed by atoms with Crippen molar-refractivity contribution in [3.63, 3.8) is 0 Å². The summed E-state index contributed by atoms with van der Waals surface area (Å²) in [6.45, 7) is 1.95. The fraction of sp³-hybridized carbons (Fsp3) is 0.500. The van der Waals surface area contributed by atoms with E-state index in [9.17, 15) is 5.11 Å². The molecule has 0 aliphatic carbocycles. The zero-order valence-electron chi connectivity index (χ0n) is 9.45. The number of methoxy groups -OCH3 is 1. The van der Waals surface area contributed by atoms with Gasteiger partial charge in [0, 0.05) is 18.7 Å². The van der Waals surface area contributed by atoms with Crippen LogP contribution in [0.1, 0.15) is 12.0 Å². The zero-order chi connectivity index (χ0) is 11.8. The lowest BCUT2D eigenvalue weighted by molar-refractivity contribution is 0.0594. The van der Waals surface area contributed by atoms with Crippen LogP contribution in [0.3, 0.4) is 0 Å². The standard InChI is InChI=1S/C12H18ClNO2/c1-16-9-12(15)6-7-14-8-10-2-4-11(13)5-3-10/h2-5,12,14-15H,6-9H2,1H3. The van der Waals surface area contributed by atoms with Crippen molar-refractivity contribution in [1.29, 1.82) is 0 Å². The molecule has 3 nitrogen and oxygen atoms in total. The Morgan fingerprint density at radius 1 is 1.38 bits per heavy atom. The summed E-state index contributed by atoms with van der Waals surface area (Å²) >= 11 is 5.78. The Bertz CT molecular complexity index is 290. The topological polar surface area (TPSA) is 41.5 Å². The van der Waals surface area contributed by atoms with Crippen molar-refractivity contribution in [1.82, 2.24) is 5.32 Å². The average Bonchev–Trinajstić information content (AvgIpc) is 2.27. The molecule has 0 saturated heterocycles. The first-order valence-electron chi connectivity index (χ1n) is 5.34. The van der Waals surface area contributed by atoms with Crippen LogP contribution < -0.4 is 5.32 Å². The van der Waals surface area contributed by atoms with Gasteiger partial charge in [-0.25, -0.2) is 0 Å². The summed E-state index contributed by atoms with van der Waals surface area (Å²) in [5, 5.41) is 13.4. The molecule has 0 aromatic heterocycles. The number of nitrogens with one attached hydrogen (secondary N) is 1. The van der Waals surface area contributed by atoms with Gasteiger partial charge in [0.1, 0.15) is 0 Å². The summed E-state index contributed by atoms with van der Waals surface area (Å²) in [5.74, 6) is 0. The van der Waals surface area contributed by atoms with Crippen LogP contribution in [-0.2, 0) is 11.3 Å². The predicted molar refractivity (Wildman–Crippen MR) is 65.7 cm³/mol. The summed E-state index contributed by atoms with van der Waals surface area (Å²) in [6.07, 6.45) is 0.309. The highest BCUT2D eigenvalue weighted by Crippen LogP contribution is 2.09. The van der Waals surface area contributed by atoms with Gasteiger partial charge in [0.2, 0.25) is 0 Å². The van der Waals surface area contributed by atoms with Crippen molar-refractivity contribution in [2.24, 2.45) is 0 Å². The first kappa shape index (κ1) is 13.5. The van der Waals surface area contributed by atoms with Gasteiger partial charge in [0.05, 0.1) is 12.7 Å². The lowest BCUT2D eigenvalue weighted by Gasteiger charge is -2.10. The van der Waals surface area contributed by atoms with E-state index in [1.807, 2.05) is 24.3 Å². The van der Waals surface area contributed by atoms with Crippen molar-refractivity contribution in [3.8, 4) is 0 Å². The Morgan fingerprint density at radius 3 is 2.69 bits per heavy atom. The molecular weight excluding hydrogens is 226 g/mol. The van der Waals surface area contributed by atoms with Gasteiger partial charge in [-0.15, -0.1) is 0 Å². The second kappa shape index (κ2) is 7.63. The number of rotatable bonds is 7. The van der Waals surface area contributed by atoms with Crippen molar-refractivity contribution in [2.45, 2.75) is 19.1 Å². The quantitative estimate of drug-likeness (QED) is 0.718. The van der Waals surface area contributed by atoms with E-state index in [-0.39, 0.29) is 6.10 Å². The van der Waals surface area contributed by atoms with Crippen molar-refractivity contribution in [3.05, 3.63) is 34.9 Å². The number of aliphatic hydroxyl groups excluding tert-OH is 1. The molecule has 1 atom stereocenters. The molecule has 1 rings (SSSR count). The third kappa shape index (κ3) is 5.47. The molecule has 0 heterocycles. The molecule has 0 aliphatic rings. The Hall–Kier alpha value is -0.610. The van der Waals surface area contributed by atoms with Gasteiger partial charge < -0.3 is 15.2 Å². The molecule has 0 radical (unpaired) electrons. The molecular formula is C12H18ClNO2. The highest BCUT2D eigenvalue weighted by molar-refractivity contribution is 6.30. The Morgan fingerprint density at radius 2 is 2.06 bits per heavy atom. The third-order valence-electron chi connectivity index (χ3n) is 2.26. The van der Waals surface area contributed by atoms with E-state index >= 15 is 0 Å². The van der Waals surface area contributed by atoms with E-state index in [0.717, 1.165) is 18.1 Å². The highest BCUT2D eigenvalue weighted by Gasteiger charge is 2.01. The first-order valence-corrected chi connectivity index (χ1v) is 5.72. The van der Waals surface area contributed by atoms with Crippen LogP contribution in [0.15, 0.2) is 24.3 Å². The number of ether oxygens (including phenoxy) is 1. The number of aliphatic hydroxyl groups is 1. The molecule has 2 N–H and O–H groups in total. The van der Waals surface area contributed by atoms with Crippen LogP contribution in [-0.4, -0.2) is 31.5 Å². The summed E-state index contributed by atoms with van der Waals surface area (Å²) in [5.41, 5.74) is 1.19. The van der Waals surface area contributed by atoms with Crippen LogP contribution in [0.2, 0.25) is 5.02 Å². The van der Waals surface area contributed by atoms with Gasteiger partial charge in [0.25, 0.3) is 0 Å². The molecule has 1 unspecified atom stereocenters. The molecule has 4 heteroatoms. The lowest BCUT2D eigenvalue weighted by Crippen LogP contribution is -2.22. The molecule has 1 aromatic rings. The predicted octanol–water partition coefficient (Wildman–Crippen LogP) is 1.83. The van der Waals surface area contributed by atoms with Crippen molar-refractivity contribution < 1.29 is 9.84 Å². The molecule has 0 fully saturated rings. The molecule has 0 bridgehead atoms. The molecule has 90 valence electrons. The number of halogens is 1. The summed E-state index contributed by atoms with van der Waals surface area (Å²) in [7, 11) is 1.59. The van der Waals surface area contributed by atoms with Crippen LogP contribution in [0.25, 0.3) is 0 Å². The number of benzene rings is 1. The Balaban J connectivity index is 2.13. The van der Waals surface area contributed by atoms with Crippen LogP contribution in [0, 0.1) is 0 Å². The van der Waals surface area contributed by atoms with E-state index < -0.39 is 0 Å². The largest absolute Gasteiger partial charge is 0.391 e. The number of hydrogen-bond donors (Lipinski definition) is 2. The molecule has 16 heavy (non-hydrogen) atoms. The van der Waals surface area contributed by atoms with E-state index in [1.165, 1.54) is 5.56 Å². The van der Waals surface area contributed by atoms with Gasteiger partial charge in [-0.3, -0.25) is 0 Å².